The molecule has 0 aliphatic rings. The van der Waals surface area contributed by atoms with Crippen LogP contribution in [-0.4, -0.2) is 34.4 Å². The molecule has 102 valence electrons. The minimum atomic E-state index is 0.0745. The fourth-order valence-electron chi connectivity index (χ4n) is 1.67. The number of ether oxygens (including phenoxy) is 3. The average Bonchev–Trinajstić information content (AvgIpc) is 2.36. The molecule has 4 nitrogen and oxygen atoms in total. The van der Waals surface area contributed by atoms with Gasteiger partial charge in [0.15, 0.2) is 0 Å². The van der Waals surface area contributed by atoms with Crippen molar-refractivity contribution in [3.8, 4) is 17.2 Å². The highest BCUT2D eigenvalue weighted by molar-refractivity contribution is 5.42. The first-order valence-corrected chi connectivity index (χ1v) is 6.01. The van der Waals surface area contributed by atoms with Gasteiger partial charge in [0, 0.05) is 30.2 Å². The molecule has 1 aromatic carbocycles. The summed E-state index contributed by atoms with van der Waals surface area (Å²) >= 11 is 0. The molecule has 0 heterocycles. The third kappa shape index (κ3) is 4.45. The van der Waals surface area contributed by atoms with Crippen LogP contribution in [0.25, 0.3) is 0 Å². The van der Waals surface area contributed by atoms with Gasteiger partial charge in [0.2, 0.25) is 0 Å². The van der Waals surface area contributed by atoms with Gasteiger partial charge in [-0.2, -0.15) is 0 Å². The maximum Gasteiger partial charge on any atom is 0.126 e. The van der Waals surface area contributed by atoms with E-state index in [-0.39, 0.29) is 5.41 Å². The minimum absolute atomic E-state index is 0.0745. The Labute approximate surface area is 109 Å². The SMILES string of the molecule is CNCC(C)(C)COc1cc(OC)cc(OC)c1. The summed E-state index contributed by atoms with van der Waals surface area (Å²) < 4.78 is 16.2. The third-order valence-electron chi connectivity index (χ3n) is 2.61. The van der Waals surface area contributed by atoms with Crippen LogP contribution in [0, 0.1) is 5.41 Å². The first kappa shape index (κ1) is 14.6. The molecule has 4 heteroatoms. The Morgan fingerprint density at radius 1 is 1.00 bits per heavy atom. The van der Waals surface area contributed by atoms with Crippen LogP contribution >= 0.6 is 0 Å². The molecule has 0 radical (unpaired) electrons. The second-order valence-corrected chi connectivity index (χ2v) is 5.03. The van der Waals surface area contributed by atoms with E-state index in [0.29, 0.717) is 6.61 Å². The summed E-state index contributed by atoms with van der Waals surface area (Å²) in [6, 6.07) is 5.54. The minimum Gasteiger partial charge on any atom is -0.496 e. The number of methoxy groups -OCH3 is 2. The van der Waals surface area contributed by atoms with E-state index in [1.54, 1.807) is 14.2 Å². The van der Waals surface area contributed by atoms with Gasteiger partial charge in [-0.1, -0.05) is 13.8 Å². The van der Waals surface area contributed by atoms with Crippen LogP contribution in [0.2, 0.25) is 0 Å². The zero-order valence-corrected chi connectivity index (χ0v) is 11.9. The number of hydrogen-bond donors (Lipinski definition) is 1. The lowest BCUT2D eigenvalue weighted by Crippen LogP contribution is -2.32. The van der Waals surface area contributed by atoms with Crippen LogP contribution in [0.3, 0.4) is 0 Å². The molecule has 1 N–H and O–H groups in total. The normalized spacial score (nSPS) is 11.2. The number of rotatable bonds is 7. The molecule has 0 unspecified atom stereocenters. The molecule has 1 rings (SSSR count). The molecule has 18 heavy (non-hydrogen) atoms. The van der Waals surface area contributed by atoms with Gasteiger partial charge in [-0.25, -0.2) is 0 Å². The number of benzene rings is 1. The van der Waals surface area contributed by atoms with E-state index < -0.39 is 0 Å². The Balaban J connectivity index is 2.72. The quantitative estimate of drug-likeness (QED) is 0.809. The van der Waals surface area contributed by atoms with Gasteiger partial charge in [0.25, 0.3) is 0 Å². The Hall–Kier alpha value is -1.42. The molecule has 0 aliphatic heterocycles. The molecule has 0 saturated heterocycles. The van der Waals surface area contributed by atoms with E-state index in [0.717, 1.165) is 23.8 Å². The van der Waals surface area contributed by atoms with Crippen molar-refractivity contribution in [1.82, 2.24) is 5.32 Å². The molecule has 0 aliphatic carbocycles. The van der Waals surface area contributed by atoms with Gasteiger partial charge in [-0.15, -0.1) is 0 Å². The van der Waals surface area contributed by atoms with Crippen LogP contribution in [-0.2, 0) is 0 Å². The van der Waals surface area contributed by atoms with Crippen LogP contribution in [0.4, 0.5) is 0 Å². The fourth-order valence-corrected chi connectivity index (χ4v) is 1.67. The van der Waals surface area contributed by atoms with Crippen LogP contribution < -0.4 is 19.5 Å². The maximum absolute atomic E-state index is 5.81. The van der Waals surface area contributed by atoms with E-state index in [2.05, 4.69) is 19.2 Å². The van der Waals surface area contributed by atoms with Crippen LogP contribution in [0.15, 0.2) is 18.2 Å². The molecule has 0 spiro atoms. The smallest absolute Gasteiger partial charge is 0.126 e. The summed E-state index contributed by atoms with van der Waals surface area (Å²) in [7, 11) is 5.20. The van der Waals surface area contributed by atoms with Gasteiger partial charge in [-0.05, 0) is 7.05 Å². The van der Waals surface area contributed by atoms with Gasteiger partial charge in [-0.3, -0.25) is 0 Å². The summed E-state index contributed by atoms with van der Waals surface area (Å²) in [4.78, 5) is 0. The van der Waals surface area contributed by atoms with Gasteiger partial charge < -0.3 is 19.5 Å². The first-order valence-electron chi connectivity index (χ1n) is 6.01. The zero-order valence-electron chi connectivity index (χ0n) is 11.9. The van der Waals surface area contributed by atoms with E-state index in [4.69, 9.17) is 14.2 Å². The van der Waals surface area contributed by atoms with Crippen molar-refractivity contribution in [2.75, 3.05) is 34.4 Å². The highest BCUT2D eigenvalue weighted by Gasteiger charge is 2.18. The second kappa shape index (κ2) is 6.50. The third-order valence-corrected chi connectivity index (χ3v) is 2.61. The van der Waals surface area contributed by atoms with Crippen molar-refractivity contribution in [1.29, 1.82) is 0 Å². The fraction of sp³-hybridized carbons (Fsp3) is 0.571. The predicted octanol–water partition coefficient (Wildman–Crippen LogP) is 2.33. The molecule has 0 fully saturated rings. The van der Waals surface area contributed by atoms with E-state index in [1.165, 1.54) is 0 Å². The lowest BCUT2D eigenvalue weighted by molar-refractivity contribution is 0.178. The highest BCUT2D eigenvalue weighted by atomic mass is 16.5. The van der Waals surface area contributed by atoms with Crippen molar-refractivity contribution in [2.45, 2.75) is 13.8 Å². The zero-order chi connectivity index (χ0) is 13.6. The summed E-state index contributed by atoms with van der Waals surface area (Å²) in [6.07, 6.45) is 0. The Morgan fingerprint density at radius 3 is 1.94 bits per heavy atom. The molecule has 0 amide bonds. The van der Waals surface area contributed by atoms with Crippen molar-refractivity contribution < 1.29 is 14.2 Å². The van der Waals surface area contributed by atoms with Gasteiger partial charge in [0.05, 0.1) is 20.8 Å². The Morgan fingerprint density at radius 2 is 1.50 bits per heavy atom. The lowest BCUT2D eigenvalue weighted by Gasteiger charge is -2.24. The summed E-state index contributed by atoms with van der Waals surface area (Å²) in [6.45, 7) is 5.83. The van der Waals surface area contributed by atoms with Crippen LogP contribution in [0.1, 0.15) is 13.8 Å². The topological polar surface area (TPSA) is 39.7 Å². The summed E-state index contributed by atoms with van der Waals surface area (Å²) in [5.41, 5.74) is 0.0745. The predicted molar refractivity (Wildman–Crippen MR) is 72.7 cm³/mol. The second-order valence-electron chi connectivity index (χ2n) is 5.03. The standard InChI is InChI=1S/C14H23NO3/c1-14(2,9-15-3)10-18-13-7-11(16-4)6-12(8-13)17-5/h6-8,15H,9-10H2,1-5H3. The van der Waals surface area contributed by atoms with Crippen molar-refractivity contribution in [3.63, 3.8) is 0 Å². The molecule has 0 saturated carbocycles. The molecular weight excluding hydrogens is 230 g/mol. The van der Waals surface area contributed by atoms with E-state index >= 15 is 0 Å². The summed E-state index contributed by atoms with van der Waals surface area (Å²) in [5.74, 6) is 2.22. The highest BCUT2D eigenvalue weighted by Crippen LogP contribution is 2.28. The molecular formula is C14H23NO3. The van der Waals surface area contributed by atoms with Gasteiger partial charge in [0.1, 0.15) is 17.2 Å². The van der Waals surface area contributed by atoms with E-state index in [9.17, 15) is 0 Å². The van der Waals surface area contributed by atoms with E-state index in [1.807, 2.05) is 25.2 Å². The van der Waals surface area contributed by atoms with Crippen molar-refractivity contribution >= 4 is 0 Å². The largest absolute Gasteiger partial charge is 0.496 e. The first-order chi connectivity index (χ1) is 8.50. The molecule has 1 aromatic rings. The maximum atomic E-state index is 5.81. The number of nitrogens with one attached hydrogen (secondary N) is 1. The van der Waals surface area contributed by atoms with Crippen molar-refractivity contribution in [3.05, 3.63) is 18.2 Å². The molecule has 0 bridgehead atoms. The monoisotopic (exact) mass is 253 g/mol. The number of hydrogen-bond acceptors (Lipinski definition) is 4. The Bertz CT molecular complexity index is 355. The summed E-state index contributed by atoms with van der Waals surface area (Å²) in [5, 5.41) is 3.16. The van der Waals surface area contributed by atoms with Gasteiger partial charge >= 0.3 is 0 Å². The molecule has 0 atom stereocenters. The van der Waals surface area contributed by atoms with Crippen molar-refractivity contribution in [2.24, 2.45) is 5.41 Å². The lowest BCUT2D eigenvalue weighted by atomic mass is 9.95. The van der Waals surface area contributed by atoms with Crippen LogP contribution in [0.5, 0.6) is 17.2 Å². The average molecular weight is 253 g/mol. The molecule has 0 aromatic heterocycles. The Kier molecular flexibility index (Phi) is 5.28.